The summed E-state index contributed by atoms with van der Waals surface area (Å²) in [6.45, 7) is 5.56. The Morgan fingerprint density at radius 2 is 1.93 bits per heavy atom. The van der Waals surface area contributed by atoms with Gasteiger partial charge in [0.25, 0.3) is 0 Å². The summed E-state index contributed by atoms with van der Waals surface area (Å²) in [5.74, 6) is 0.465. The molecule has 8 heteroatoms. The number of rotatable bonds is 4. The van der Waals surface area contributed by atoms with Gasteiger partial charge >= 0.3 is 6.03 Å². The smallest absolute Gasteiger partial charge is 0.320 e. The minimum absolute atomic E-state index is 0.104. The van der Waals surface area contributed by atoms with Crippen LogP contribution in [-0.4, -0.2) is 61.3 Å². The van der Waals surface area contributed by atoms with Crippen LogP contribution in [0.3, 0.4) is 0 Å². The molecule has 150 valence electrons. The molecule has 1 N–H and O–H groups in total. The second-order valence-corrected chi connectivity index (χ2v) is 7.27. The Kier molecular flexibility index (Phi) is 5.81. The fourth-order valence-corrected chi connectivity index (χ4v) is 3.64. The van der Waals surface area contributed by atoms with Crippen molar-refractivity contribution in [3.8, 4) is 5.95 Å². The van der Waals surface area contributed by atoms with E-state index in [-0.39, 0.29) is 12.1 Å². The summed E-state index contributed by atoms with van der Waals surface area (Å²) in [4.78, 5) is 25.5. The van der Waals surface area contributed by atoms with E-state index in [0.717, 1.165) is 32.6 Å². The number of hydrogen-bond donors (Lipinski definition) is 1. The summed E-state index contributed by atoms with van der Waals surface area (Å²) in [5.41, 5.74) is 1.92. The van der Waals surface area contributed by atoms with Gasteiger partial charge in [-0.1, -0.05) is 30.3 Å². The average Bonchev–Trinajstić information content (AvgIpc) is 3.12. The number of anilines is 1. The molecule has 1 fully saturated rings. The zero-order valence-corrected chi connectivity index (χ0v) is 16.5. The average molecular weight is 391 g/mol. The first-order valence-corrected chi connectivity index (χ1v) is 9.85. The Balaban J connectivity index is 1.37. The maximum Gasteiger partial charge on any atom is 0.322 e. The van der Waals surface area contributed by atoms with Gasteiger partial charge < -0.3 is 10.2 Å². The molecule has 0 radical (unpaired) electrons. The summed E-state index contributed by atoms with van der Waals surface area (Å²) in [6, 6.07) is 12.2. The molecule has 0 aliphatic carbocycles. The minimum atomic E-state index is -0.104. The number of urea groups is 1. The van der Waals surface area contributed by atoms with Gasteiger partial charge in [0.1, 0.15) is 0 Å². The summed E-state index contributed by atoms with van der Waals surface area (Å²) >= 11 is 0. The molecule has 1 aliphatic rings. The van der Waals surface area contributed by atoms with Crippen LogP contribution < -0.4 is 5.32 Å². The Morgan fingerprint density at radius 3 is 2.72 bits per heavy atom. The zero-order valence-electron chi connectivity index (χ0n) is 16.5. The van der Waals surface area contributed by atoms with Gasteiger partial charge in [0, 0.05) is 44.6 Å². The van der Waals surface area contributed by atoms with Gasteiger partial charge in [-0.2, -0.15) is 5.10 Å². The lowest BCUT2D eigenvalue weighted by atomic mass is 10.2. The van der Waals surface area contributed by atoms with E-state index in [1.807, 2.05) is 11.0 Å². The van der Waals surface area contributed by atoms with E-state index in [0.29, 0.717) is 11.6 Å². The molecule has 1 atom stereocenters. The quantitative estimate of drug-likeness (QED) is 0.740. The summed E-state index contributed by atoms with van der Waals surface area (Å²) in [7, 11) is 0. The van der Waals surface area contributed by atoms with Crippen molar-refractivity contribution in [2.24, 2.45) is 0 Å². The maximum absolute atomic E-state index is 12.9. The predicted octanol–water partition coefficient (Wildman–Crippen LogP) is 2.79. The Labute approximate surface area is 170 Å². The third-order valence-electron chi connectivity index (χ3n) is 5.03. The molecule has 1 saturated heterocycles. The van der Waals surface area contributed by atoms with Crippen molar-refractivity contribution in [3.05, 3.63) is 66.7 Å². The SMILES string of the molecule is CC1CN(Cc2ccccc2)CCCN1C(=O)Nc1cnn(-c2ncccn2)c1. The standard InChI is InChI=1S/C21H25N7O/c1-17-14-26(15-18-7-3-2-4-8-18)11-6-12-27(17)21(29)25-19-13-24-28(16-19)20-22-9-5-10-23-20/h2-5,7-10,13,16-17H,6,11-12,14-15H2,1H3,(H,25,29). The highest BCUT2D eigenvalue weighted by atomic mass is 16.2. The van der Waals surface area contributed by atoms with Crippen LogP contribution in [0.15, 0.2) is 61.2 Å². The fourth-order valence-electron chi connectivity index (χ4n) is 3.64. The highest BCUT2D eigenvalue weighted by Crippen LogP contribution is 2.16. The highest BCUT2D eigenvalue weighted by molar-refractivity contribution is 5.89. The number of carbonyl (C=O) groups is 1. The second kappa shape index (κ2) is 8.83. The molecule has 3 aromatic rings. The van der Waals surface area contributed by atoms with Gasteiger partial charge in [-0.15, -0.1) is 0 Å². The number of benzene rings is 1. The fraction of sp³-hybridized carbons (Fsp3) is 0.333. The number of aromatic nitrogens is 4. The normalized spacial score (nSPS) is 17.7. The number of nitrogens with zero attached hydrogens (tertiary/aromatic N) is 6. The van der Waals surface area contributed by atoms with Gasteiger partial charge in [-0.05, 0) is 25.0 Å². The Hall–Kier alpha value is -3.26. The topological polar surface area (TPSA) is 79.2 Å². The molecular formula is C21H25N7O. The molecule has 3 heterocycles. The first-order valence-electron chi connectivity index (χ1n) is 9.85. The Morgan fingerprint density at radius 1 is 1.14 bits per heavy atom. The molecular weight excluding hydrogens is 366 g/mol. The molecule has 0 spiro atoms. The highest BCUT2D eigenvalue weighted by Gasteiger charge is 2.25. The van der Waals surface area contributed by atoms with Gasteiger partial charge in [-0.3, -0.25) is 4.90 Å². The van der Waals surface area contributed by atoms with Crippen LogP contribution in [0.1, 0.15) is 18.9 Å². The van der Waals surface area contributed by atoms with Crippen molar-refractivity contribution in [3.63, 3.8) is 0 Å². The van der Waals surface area contributed by atoms with Gasteiger partial charge in [-0.25, -0.2) is 19.4 Å². The molecule has 4 rings (SSSR count). The van der Waals surface area contributed by atoms with Crippen LogP contribution in [0.2, 0.25) is 0 Å². The lowest BCUT2D eigenvalue weighted by molar-refractivity contribution is 0.184. The molecule has 8 nitrogen and oxygen atoms in total. The van der Waals surface area contributed by atoms with Crippen molar-refractivity contribution in [1.82, 2.24) is 29.5 Å². The largest absolute Gasteiger partial charge is 0.322 e. The lowest BCUT2D eigenvalue weighted by Crippen LogP contribution is -2.44. The summed E-state index contributed by atoms with van der Waals surface area (Å²) in [6.07, 6.45) is 7.59. The van der Waals surface area contributed by atoms with E-state index in [4.69, 9.17) is 0 Å². The van der Waals surface area contributed by atoms with E-state index in [1.54, 1.807) is 35.5 Å². The first-order chi connectivity index (χ1) is 14.2. The van der Waals surface area contributed by atoms with Crippen LogP contribution in [-0.2, 0) is 6.54 Å². The van der Waals surface area contributed by atoms with E-state index < -0.39 is 0 Å². The number of nitrogens with one attached hydrogen (secondary N) is 1. The van der Waals surface area contributed by atoms with Crippen LogP contribution in [0.25, 0.3) is 5.95 Å². The predicted molar refractivity (Wildman–Crippen MR) is 111 cm³/mol. The van der Waals surface area contributed by atoms with E-state index >= 15 is 0 Å². The van der Waals surface area contributed by atoms with Crippen molar-refractivity contribution >= 4 is 11.7 Å². The van der Waals surface area contributed by atoms with Crippen molar-refractivity contribution < 1.29 is 4.79 Å². The van der Waals surface area contributed by atoms with Crippen molar-refractivity contribution in [2.45, 2.75) is 25.9 Å². The molecule has 2 amide bonds. The third kappa shape index (κ3) is 4.78. The van der Waals surface area contributed by atoms with Gasteiger partial charge in [0.05, 0.1) is 18.1 Å². The zero-order chi connectivity index (χ0) is 20.1. The van der Waals surface area contributed by atoms with E-state index in [9.17, 15) is 4.79 Å². The number of amides is 2. The number of carbonyl (C=O) groups excluding carboxylic acids is 1. The second-order valence-electron chi connectivity index (χ2n) is 7.27. The van der Waals surface area contributed by atoms with Gasteiger partial charge in [0.2, 0.25) is 5.95 Å². The van der Waals surface area contributed by atoms with Crippen LogP contribution in [0, 0.1) is 0 Å². The van der Waals surface area contributed by atoms with E-state index in [2.05, 4.69) is 56.5 Å². The molecule has 2 aromatic heterocycles. The van der Waals surface area contributed by atoms with Crippen molar-refractivity contribution in [1.29, 1.82) is 0 Å². The molecule has 0 saturated carbocycles. The molecule has 1 unspecified atom stereocenters. The summed E-state index contributed by atoms with van der Waals surface area (Å²) < 4.78 is 1.54. The monoisotopic (exact) mass is 391 g/mol. The molecule has 1 aliphatic heterocycles. The van der Waals surface area contributed by atoms with Crippen LogP contribution in [0.4, 0.5) is 10.5 Å². The number of hydrogen-bond acceptors (Lipinski definition) is 5. The van der Waals surface area contributed by atoms with Crippen molar-refractivity contribution in [2.75, 3.05) is 25.0 Å². The first kappa shape index (κ1) is 19.1. The molecule has 1 aromatic carbocycles. The van der Waals surface area contributed by atoms with E-state index in [1.165, 1.54) is 5.56 Å². The molecule has 29 heavy (non-hydrogen) atoms. The minimum Gasteiger partial charge on any atom is -0.320 e. The van der Waals surface area contributed by atoms with Gasteiger partial charge in [0.15, 0.2) is 0 Å². The van der Waals surface area contributed by atoms with Crippen LogP contribution >= 0.6 is 0 Å². The lowest BCUT2D eigenvalue weighted by Gasteiger charge is -2.29. The third-order valence-corrected chi connectivity index (χ3v) is 5.03. The maximum atomic E-state index is 12.9. The molecule has 0 bridgehead atoms. The van der Waals surface area contributed by atoms with Crippen LogP contribution in [0.5, 0.6) is 0 Å². The summed E-state index contributed by atoms with van der Waals surface area (Å²) in [5, 5.41) is 7.19. The Bertz CT molecular complexity index is 928.